The number of nitrogens with one attached hydrogen (secondary N) is 1. The predicted octanol–water partition coefficient (Wildman–Crippen LogP) is 7.00. The van der Waals surface area contributed by atoms with Crippen LogP contribution in [0, 0.1) is 0 Å². The molecule has 1 amide bonds. The van der Waals surface area contributed by atoms with E-state index in [4.69, 9.17) is 28.2 Å². The van der Waals surface area contributed by atoms with Crippen LogP contribution < -0.4 is 10.9 Å². The summed E-state index contributed by atoms with van der Waals surface area (Å²) in [6.07, 6.45) is 8.53. The highest BCUT2D eigenvalue weighted by Gasteiger charge is 2.22. The Morgan fingerprint density at radius 3 is 2.92 bits per heavy atom. The van der Waals surface area contributed by atoms with Gasteiger partial charge in [-0.3, -0.25) is 14.2 Å². The van der Waals surface area contributed by atoms with Crippen LogP contribution in [0.3, 0.4) is 0 Å². The molecule has 5 rings (SSSR count). The molecule has 4 aromatic rings. The van der Waals surface area contributed by atoms with Crippen LogP contribution in [0.4, 0.5) is 5.13 Å². The first-order valence-corrected chi connectivity index (χ1v) is 15.3. The summed E-state index contributed by atoms with van der Waals surface area (Å²) in [6, 6.07) is 5.36. The van der Waals surface area contributed by atoms with Crippen LogP contribution in [0.2, 0.25) is 10.0 Å². The number of amides is 1. The zero-order chi connectivity index (χ0) is 25.9. The maximum absolute atomic E-state index is 13.4. The highest BCUT2D eigenvalue weighted by molar-refractivity contribution is 7.99. The number of carbonyl (C=O) groups is 1. The average Bonchev–Trinajstić information content (AvgIpc) is 3.47. The maximum Gasteiger partial charge on any atom is 0.263 e. The Balaban J connectivity index is 1.23. The van der Waals surface area contributed by atoms with Crippen molar-refractivity contribution in [2.24, 2.45) is 0 Å². The third-order valence-corrected chi connectivity index (χ3v) is 9.76. The Morgan fingerprint density at radius 2 is 2.08 bits per heavy atom. The van der Waals surface area contributed by atoms with E-state index >= 15 is 0 Å². The van der Waals surface area contributed by atoms with Crippen molar-refractivity contribution in [1.29, 1.82) is 0 Å². The normalized spacial score (nSPS) is 13.0. The number of benzene rings is 1. The highest BCUT2D eigenvalue weighted by atomic mass is 35.5. The van der Waals surface area contributed by atoms with Gasteiger partial charge < -0.3 is 5.32 Å². The lowest BCUT2D eigenvalue weighted by Gasteiger charge is -2.12. The van der Waals surface area contributed by atoms with E-state index in [-0.39, 0.29) is 17.9 Å². The summed E-state index contributed by atoms with van der Waals surface area (Å²) in [7, 11) is 0. The summed E-state index contributed by atoms with van der Waals surface area (Å²) in [4.78, 5) is 38.2. The Hall–Kier alpha value is -2.17. The molecule has 0 saturated heterocycles. The predicted molar refractivity (Wildman–Crippen MR) is 156 cm³/mol. The molecule has 0 radical (unpaired) electrons. The minimum atomic E-state index is -0.139. The standard InChI is InChI=1S/C26H24Cl2N4O2S3/c1-2-10-32-24(34)22-18-5-3-4-6-20(18)37-23(22)31-26(32)35-11-9-21(33)30-25-29-14-17(36-25)13-15-12-16(27)7-8-19(15)28/h2,7-8,12,14H,1,3-6,9-11,13H2,(H,29,30,33). The molecule has 37 heavy (non-hydrogen) atoms. The summed E-state index contributed by atoms with van der Waals surface area (Å²) in [6.45, 7) is 4.20. The molecule has 0 spiro atoms. The molecular weight excluding hydrogens is 567 g/mol. The lowest BCUT2D eigenvalue weighted by atomic mass is 9.97. The van der Waals surface area contributed by atoms with Gasteiger partial charge in [-0.15, -0.1) is 29.3 Å². The van der Waals surface area contributed by atoms with Crippen molar-refractivity contribution in [3.8, 4) is 0 Å². The fourth-order valence-electron chi connectivity index (χ4n) is 4.35. The monoisotopic (exact) mass is 590 g/mol. The second kappa shape index (κ2) is 11.7. The smallest absolute Gasteiger partial charge is 0.263 e. The number of allylic oxidation sites excluding steroid dienone is 1. The van der Waals surface area contributed by atoms with E-state index in [0.29, 0.717) is 39.1 Å². The number of rotatable bonds is 9. The lowest BCUT2D eigenvalue weighted by Crippen LogP contribution is -2.23. The van der Waals surface area contributed by atoms with Crippen molar-refractivity contribution in [2.45, 2.75) is 50.2 Å². The maximum atomic E-state index is 13.4. The minimum Gasteiger partial charge on any atom is -0.302 e. The van der Waals surface area contributed by atoms with E-state index in [1.54, 1.807) is 40.3 Å². The number of aryl methyl sites for hydroxylation is 2. The number of hydrogen-bond donors (Lipinski definition) is 1. The summed E-state index contributed by atoms with van der Waals surface area (Å²) in [5.74, 6) is 0.349. The van der Waals surface area contributed by atoms with Crippen molar-refractivity contribution < 1.29 is 4.79 Å². The molecule has 1 aromatic carbocycles. The molecule has 3 heterocycles. The summed E-state index contributed by atoms with van der Waals surface area (Å²) < 4.78 is 1.67. The van der Waals surface area contributed by atoms with E-state index in [0.717, 1.165) is 46.3 Å². The molecule has 0 fully saturated rings. The number of nitrogens with zero attached hydrogens (tertiary/aromatic N) is 3. The van der Waals surface area contributed by atoms with Crippen LogP contribution in [0.25, 0.3) is 10.2 Å². The van der Waals surface area contributed by atoms with Crippen LogP contribution >= 0.6 is 57.6 Å². The fraction of sp³-hybridized carbons (Fsp3) is 0.308. The molecule has 0 aliphatic heterocycles. The molecule has 1 aliphatic rings. The second-order valence-electron chi connectivity index (χ2n) is 8.68. The zero-order valence-corrected chi connectivity index (χ0v) is 23.9. The summed E-state index contributed by atoms with van der Waals surface area (Å²) >= 11 is 16.8. The van der Waals surface area contributed by atoms with E-state index in [9.17, 15) is 9.59 Å². The van der Waals surface area contributed by atoms with Gasteiger partial charge in [-0.25, -0.2) is 9.97 Å². The summed E-state index contributed by atoms with van der Waals surface area (Å²) in [5.41, 5.74) is 2.08. The van der Waals surface area contributed by atoms with Gasteiger partial charge in [0, 0.05) is 51.1 Å². The van der Waals surface area contributed by atoms with Gasteiger partial charge in [0.15, 0.2) is 10.3 Å². The molecular formula is C26H24Cl2N4O2S3. The molecule has 0 atom stereocenters. The molecule has 3 aromatic heterocycles. The highest BCUT2D eigenvalue weighted by Crippen LogP contribution is 2.35. The van der Waals surface area contributed by atoms with Gasteiger partial charge in [0.05, 0.1) is 5.39 Å². The first-order chi connectivity index (χ1) is 17.9. The third kappa shape index (κ3) is 5.96. The van der Waals surface area contributed by atoms with Crippen LogP contribution in [0.1, 0.15) is 40.1 Å². The van der Waals surface area contributed by atoms with Crippen LogP contribution in [0.5, 0.6) is 0 Å². The Bertz CT molecular complexity index is 1540. The van der Waals surface area contributed by atoms with Crippen molar-refractivity contribution in [1.82, 2.24) is 14.5 Å². The number of halogens is 2. The van der Waals surface area contributed by atoms with Crippen LogP contribution in [-0.4, -0.2) is 26.2 Å². The van der Waals surface area contributed by atoms with Gasteiger partial charge in [0.25, 0.3) is 5.56 Å². The van der Waals surface area contributed by atoms with Crippen molar-refractivity contribution in [2.75, 3.05) is 11.1 Å². The van der Waals surface area contributed by atoms with Crippen molar-refractivity contribution in [3.63, 3.8) is 0 Å². The number of fused-ring (bicyclic) bond motifs is 3. The topological polar surface area (TPSA) is 76.9 Å². The largest absolute Gasteiger partial charge is 0.302 e. The molecule has 11 heteroatoms. The second-order valence-corrected chi connectivity index (χ2v) is 12.8. The van der Waals surface area contributed by atoms with E-state index in [1.807, 2.05) is 6.07 Å². The van der Waals surface area contributed by atoms with Gasteiger partial charge in [0.2, 0.25) is 5.91 Å². The molecule has 6 nitrogen and oxygen atoms in total. The van der Waals surface area contributed by atoms with Gasteiger partial charge in [-0.2, -0.15) is 0 Å². The number of aromatic nitrogens is 3. The zero-order valence-electron chi connectivity index (χ0n) is 19.9. The van der Waals surface area contributed by atoms with Gasteiger partial charge in [0.1, 0.15) is 4.83 Å². The number of carbonyl (C=O) groups excluding carboxylic acids is 1. The van der Waals surface area contributed by atoms with E-state index in [1.165, 1.54) is 33.5 Å². The Morgan fingerprint density at radius 1 is 1.24 bits per heavy atom. The fourth-order valence-corrected chi connectivity index (χ4v) is 7.83. The SMILES string of the molecule is C=CCn1c(SCCC(=O)Nc2ncc(Cc3cc(Cl)ccc3Cl)s2)nc2sc3c(c2c1=O)CCCC3. The molecule has 0 saturated carbocycles. The molecule has 1 aliphatic carbocycles. The van der Waals surface area contributed by atoms with E-state index in [2.05, 4.69) is 16.9 Å². The first-order valence-electron chi connectivity index (χ1n) is 11.9. The molecule has 1 N–H and O–H groups in total. The Labute approximate surface area is 236 Å². The van der Waals surface area contributed by atoms with Gasteiger partial charge in [-0.1, -0.05) is 41.0 Å². The quantitative estimate of drug-likeness (QED) is 0.129. The van der Waals surface area contributed by atoms with Crippen molar-refractivity contribution in [3.05, 3.63) is 78.3 Å². The van der Waals surface area contributed by atoms with Crippen LogP contribution in [0.15, 0.2) is 47.0 Å². The average molecular weight is 592 g/mol. The first kappa shape index (κ1) is 26.4. The number of thiazole rings is 1. The van der Waals surface area contributed by atoms with Gasteiger partial charge in [-0.05, 0) is 55.0 Å². The number of anilines is 1. The molecule has 0 unspecified atom stereocenters. The van der Waals surface area contributed by atoms with Crippen LogP contribution in [-0.2, 0) is 30.6 Å². The molecule has 0 bridgehead atoms. The third-order valence-electron chi connectivity index (χ3n) is 6.08. The Kier molecular flexibility index (Phi) is 8.36. The number of thioether (sulfide) groups is 1. The lowest BCUT2D eigenvalue weighted by molar-refractivity contribution is -0.115. The number of hydrogen-bond acceptors (Lipinski definition) is 7. The van der Waals surface area contributed by atoms with E-state index < -0.39 is 0 Å². The number of thiophene rings is 1. The minimum absolute atomic E-state index is 0.00799. The van der Waals surface area contributed by atoms with Gasteiger partial charge >= 0.3 is 0 Å². The molecule has 192 valence electrons. The summed E-state index contributed by atoms with van der Waals surface area (Å²) in [5, 5.41) is 6.06. The van der Waals surface area contributed by atoms with Crippen molar-refractivity contribution >= 4 is 78.9 Å².